The summed E-state index contributed by atoms with van der Waals surface area (Å²) in [5, 5.41) is 6.87. The lowest BCUT2D eigenvalue weighted by Crippen LogP contribution is -2.13. The number of aromatic nitrogens is 3. The van der Waals surface area contributed by atoms with E-state index in [0.717, 1.165) is 5.69 Å². The van der Waals surface area contributed by atoms with E-state index in [0.29, 0.717) is 17.1 Å². The number of carbonyl (C=O) groups is 1. The first-order chi connectivity index (χ1) is 8.06. The van der Waals surface area contributed by atoms with Crippen LogP contribution in [-0.2, 0) is 7.05 Å². The number of carbonyl (C=O) groups excluding carboxylic acids is 1. The van der Waals surface area contributed by atoms with Crippen LogP contribution < -0.4 is 11.1 Å². The molecule has 2 aromatic rings. The molecule has 0 aliphatic heterocycles. The van der Waals surface area contributed by atoms with Crippen LogP contribution in [0.15, 0.2) is 24.5 Å². The van der Waals surface area contributed by atoms with Crippen molar-refractivity contribution in [3.8, 4) is 0 Å². The first-order valence-electron chi connectivity index (χ1n) is 5.09. The van der Waals surface area contributed by atoms with E-state index in [2.05, 4.69) is 15.4 Å². The summed E-state index contributed by atoms with van der Waals surface area (Å²) in [5.74, 6) is -0.277. The van der Waals surface area contributed by atoms with Gasteiger partial charge in [-0.05, 0) is 19.1 Å². The second kappa shape index (κ2) is 4.25. The molecule has 6 heteroatoms. The molecule has 0 aliphatic rings. The number of rotatable bonds is 2. The molecule has 17 heavy (non-hydrogen) atoms. The molecule has 0 radical (unpaired) electrons. The van der Waals surface area contributed by atoms with Gasteiger partial charge >= 0.3 is 0 Å². The highest BCUT2D eigenvalue weighted by atomic mass is 16.1. The van der Waals surface area contributed by atoms with Gasteiger partial charge in [-0.2, -0.15) is 5.10 Å². The standard InChI is InChI=1S/C11H13N5O/c1-7-10(6-16(2)15-7)14-11(17)9-4-3-8(12)5-13-9/h3-6H,12H2,1-2H3,(H,14,17). The molecule has 2 heterocycles. The predicted molar refractivity (Wildman–Crippen MR) is 64.5 cm³/mol. The van der Waals surface area contributed by atoms with Crippen LogP contribution in [0.4, 0.5) is 11.4 Å². The van der Waals surface area contributed by atoms with Crippen LogP contribution in [0, 0.1) is 6.92 Å². The average molecular weight is 231 g/mol. The Balaban J connectivity index is 2.17. The van der Waals surface area contributed by atoms with Crippen molar-refractivity contribution in [1.82, 2.24) is 14.8 Å². The van der Waals surface area contributed by atoms with Crippen molar-refractivity contribution in [3.63, 3.8) is 0 Å². The maximum absolute atomic E-state index is 11.8. The van der Waals surface area contributed by atoms with E-state index in [-0.39, 0.29) is 5.91 Å². The number of nitrogens with zero attached hydrogens (tertiary/aromatic N) is 3. The van der Waals surface area contributed by atoms with Crippen molar-refractivity contribution in [2.24, 2.45) is 7.05 Å². The van der Waals surface area contributed by atoms with Crippen molar-refractivity contribution in [3.05, 3.63) is 35.9 Å². The molecule has 1 amide bonds. The summed E-state index contributed by atoms with van der Waals surface area (Å²) in [7, 11) is 1.80. The fraction of sp³-hybridized carbons (Fsp3) is 0.182. The summed E-state index contributed by atoms with van der Waals surface area (Å²) >= 11 is 0. The van der Waals surface area contributed by atoms with E-state index in [4.69, 9.17) is 5.73 Å². The van der Waals surface area contributed by atoms with Gasteiger partial charge in [0.2, 0.25) is 0 Å². The number of hydrogen-bond donors (Lipinski definition) is 2. The molecule has 0 saturated heterocycles. The zero-order valence-electron chi connectivity index (χ0n) is 9.64. The molecule has 0 aromatic carbocycles. The monoisotopic (exact) mass is 231 g/mol. The van der Waals surface area contributed by atoms with Crippen molar-refractivity contribution in [2.75, 3.05) is 11.1 Å². The lowest BCUT2D eigenvalue weighted by molar-refractivity contribution is 0.102. The number of nitrogen functional groups attached to an aromatic ring is 1. The Morgan fingerprint density at radius 2 is 2.24 bits per heavy atom. The van der Waals surface area contributed by atoms with Crippen LogP contribution in [0.2, 0.25) is 0 Å². The third-order valence-corrected chi connectivity index (χ3v) is 2.28. The Hall–Kier alpha value is -2.37. The second-order valence-electron chi connectivity index (χ2n) is 3.73. The normalized spacial score (nSPS) is 10.2. The Kier molecular flexibility index (Phi) is 2.78. The molecule has 0 saturated carbocycles. The first-order valence-corrected chi connectivity index (χ1v) is 5.09. The Morgan fingerprint density at radius 1 is 1.47 bits per heavy atom. The number of pyridine rings is 1. The second-order valence-corrected chi connectivity index (χ2v) is 3.73. The van der Waals surface area contributed by atoms with Gasteiger partial charge in [-0.3, -0.25) is 9.48 Å². The van der Waals surface area contributed by atoms with Gasteiger partial charge in [-0.25, -0.2) is 4.98 Å². The van der Waals surface area contributed by atoms with Gasteiger partial charge in [0.25, 0.3) is 5.91 Å². The van der Waals surface area contributed by atoms with Gasteiger partial charge in [0.15, 0.2) is 0 Å². The quantitative estimate of drug-likeness (QED) is 0.806. The molecule has 0 fully saturated rings. The summed E-state index contributed by atoms with van der Waals surface area (Å²) in [6.07, 6.45) is 3.19. The molecule has 0 bridgehead atoms. The topological polar surface area (TPSA) is 85.8 Å². The number of hydrogen-bond acceptors (Lipinski definition) is 4. The maximum Gasteiger partial charge on any atom is 0.274 e. The van der Waals surface area contributed by atoms with E-state index in [1.165, 1.54) is 6.20 Å². The minimum absolute atomic E-state index is 0.277. The SMILES string of the molecule is Cc1nn(C)cc1NC(=O)c1ccc(N)cn1. The van der Waals surface area contributed by atoms with Crippen molar-refractivity contribution < 1.29 is 4.79 Å². The van der Waals surface area contributed by atoms with Gasteiger partial charge in [-0.15, -0.1) is 0 Å². The van der Waals surface area contributed by atoms with Crippen LogP contribution >= 0.6 is 0 Å². The lowest BCUT2D eigenvalue weighted by atomic mass is 10.3. The highest BCUT2D eigenvalue weighted by molar-refractivity contribution is 6.03. The largest absolute Gasteiger partial charge is 0.397 e. The summed E-state index contributed by atoms with van der Waals surface area (Å²) in [6.45, 7) is 1.83. The van der Waals surface area contributed by atoms with Crippen LogP contribution in [0.5, 0.6) is 0 Å². The van der Waals surface area contributed by atoms with E-state index in [9.17, 15) is 4.79 Å². The minimum Gasteiger partial charge on any atom is -0.397 e. The lowest BCUT2D eigenvalue weighted by Gasteiger charge is -2.02. The molecule has 6 nitrogen and oxygen atoms in total. The number of aryl methyl sites for hydroxylation is 2. The smallest absolute Gasteiger partial charge is 0.274 e. The third-order valence-electron chi connectivity index (χ3n) is 2.28. The molecule has 2 rings (SSSR count). The fourth-order valence-electron chi connectivity index (χ4n) is 1.45. The van der Waals surface area contributed by atoms with E-state index >= 15 is 0 Å². The highest BCUT2D eigenvalue weighted by Gasteiger charge is 2.10. The number of nitrogens with two attached hydrogens (primary N) is 1. The van der Waals surface area contributed by atoms with Crippen LogP contribution in [0.25, 0.3) is 0 Å². The number of anilines is 2. The van der Waals surface area contributed by atoms with Crippen LogP contribution in [-0.4, -0.2) is 20.7 Å². The molecule has 0 aliphatic carbocycles. The molecule has 3 N–H and O–H groups in total. The molecular weight excluding hydrogens is 218 g/mol. The maximum atomic E-state index is 11.8. The van der Waals surface area contributed by atoms with Crippen molar-refractivity contribution in [2.45, 2.75) is 6.92 Å². The molecule has 0 atom stereocenters. The van der Waals surface area contributed by atoms with Gasteiger partial charge in [0, 0.05) is 13.2 Å². The fourth-order valence-corrected chi connectivity index (χ4v) is 1.45. The minimum atomic E-state index is -0.277. The first kappa shape index (κ1) is 11.1. The summed E-state index contributed by atoms with van der Waals surface area (Å²) in [6, 6.07) is 3.22. The van der Waals surface area contributed by atoms with Gasteiger partial charge in [0.1, 0.15) is 5.69 Å². The summed E-state index contributed by atoms with van der Waals surface area (Å²) in [5.41, 5.74) is 7.79. The van der Waals surface area contributed by atoms with E-state index < -0.39 is 0 Å². The summed E-state index contributed by atoms with van der Waals surface area (Å²) in [4.78, 5) is 15.8. The Bertz CT molecular complexity index is 543. The van der Waals surface area contributed by atoms with Gasteiger partial charge in [-0.1, -0.05) is 0 Å². The summed E-state index contributed by atoms with van der Waals surface area (Å²) < 4.78 is 1.64. The number of amides is 1. The third kappa shape index (κ3) is 2.41. The van der Waals surface area contributed by atoms with Gasteiger partial charge in [0.05, 0.1) is 23.3 Å². The predicted octanol–water partition coefficient (Wildman–Crippen LogP) is 0.958. The van der Waals surface area contributed by atoms with Crippen molar-refractivity contribution >= 4 is 17.3 Å². The Morgan fingerprint density at radius 3 is 2.76 bits per heavy atom. The van der Waals surface area contributed by atoms with Crippen molar-refractivity contribution in [1.29, 1.82) is 0 Å². The van der Waals surface area contributed by atoms with Crippen LogP contribution in [0.1, 0.15) is 16.2 Å². The molecule has 88 valence electrons. The molecule has 0 spiro atoms. The van der Waals surface area contributed by atoms with E-state index in [1.54, 1.807) is 30.1 Å². The molecule has 2 aromatic heterocycles. The average Bonchev–Trinajstić information content (AvgIpc) is 2.58. The highest BCUT2D eigenvalue weighted by Crippen LogP contribution is 2.12. The van der Waals surface area contributed by atoms with Crippen LogP contribution in [0.3, 0.4) is 0 Å². The van der Waals surface area contributed by atoms with E-state index in [1.807, 2.05) is 6.92 Å². The van der Waals surface area contributed by atoms with Gasteiger partial charge < -0.3 is 11.1 Å². The zero-order chi connectivity index (χ0) is 12.4. The molecular formula is C11H13N5O. The zero-order valence-corrected chi connectivity index (χ0v) is 9.64. The Labute approximate surface area is 98.5 Å². The number of nitrogens with one attached hydrogen (secondary N) is 1. The molecule has 0 unspecified atom stereocenters.